The number of amidine groups is 1. The Labute approximate surface area is 200 Å². The van der Waals surface area contributed by atoms with E-state index in [9.17, 15) is 19.1 Å². The van der Waals surface area contributed by atoms with Crippen molar-refractivity contribution in [2.45, 2.75) is 61.5 Å². The third kappa shape index (κ3) is 5.02. The maximum atomic E-state index is 12.8. The molecule has 3 fully saturated rings. The minimum absolute atomic E-state index is 0.193. The number of aliphatic hydroxyl groups is 1. The first-order valence-electron chi connectivity index (χ1n) is 10.7. The molecule has 0 amide bonds. The van der Waals surface area contributed by atoms with Crippen LogP contribution in [-0.4, -0.2) is 108 Å². The Morgan fingerprint density at radius 1 is 1.31 bits per heavy atom. The van der Waals surface area contributed by atoms with Crippen molar-refractivity contribution in [1.82, 2.24) is 15.1 Å². The minimum Gasteiger partial charge on any atom is -0.390 e. The molecule has 0 bridgehead atoms. The van der Waals surface area contributed by atoms with Gasteiger partial charge in [0.05, 0.1) is 25.3 Å². The zero-order valence-electron chi connectivity index (χ0n) is 18.2. The molecular weight excluding hydrogens is 508 g/mol. The van der Waals surface area contributed by atoms with Crippen molar-refractivity contribution in [1.29, 1.82) is 0 Å². The molecule has 5 heterocycles. The second-order valence-electron chi connectivity index (χ2n) is 8.37. The van der Waals surface area contributed by atoms with Crippen LogP contribution in [0.3, 0.4) is 0 Å². The number of nitrogens with zero attached hydrogens (tertiary/aromatic N) is 5. The van der Waals surface area contributed by atoms with Gasteiger partial charge in [-0.15, -0.1) is 4.52 Å². The maximum absolute atomic E-state index is 12.8. The van der Waals surface area contributed by atoms with Crippen molar-refractivity contribution >= 4 is 40.8 Å². The van der Waals surface area contributed by atoms with E-state index in [1.54, 1.807) is 11.2 Å². The van der Waals surface area contributed by atoms with E-state index in [4.69, 9.17) is 30.0 Å². The van der Waals surface area contributed by atoms with Crippen molar-refractivity contribution in [3.05, 3.63) is 0 Å². The number of ether oxygens (including phenoxy) is 2. The van der Waals surface area contributed by atoms with Crippen molar-refractivity contribution in [3.8, 4) is 0 Å². The lowest BCUT2D eigenvalue weighted by Gasteiger charge is -2.30. The molecule has 0 aromatic carbocycles. The summed E-state index contributed by atoms with van der Waals surface area (Å²) in [7, 11) is -6.83. The molecule has 0 spiro atoms. The zero-order valence-corrected chi connectivity index (χ0v) is 20.0. The molecule has 17 nitrogen and oxygen atoms in total. The van der Waals surface area contributed by atoms with Gasteiger partial charge >= 0.3 is 15.9 Å². The summed E-state index contributed by atoms with van der Waals surface area (Å²) in [4.78, 5) is 28.6. The molecule has 0 saturated carbocycles. The summed E-state index contributed by atoms with van der Waals surface area (Å²) in [5.41, 5.74) is 11.2. The number of aliphatic hydroxyl groups excluding tert-OH is 1. The van der Waals surface area contributed by atoms with Crippen LogP contribution in [0.1, 0.15) is 6.42 Å². The SMILES string of the molecule is NC=N[C@@H]1O[C@@H]2COP(=O)(O)N[C@H]3C[C@H](N4C=NC5C(N)=NC=NC54)O[C@@H]3CO[P+](=O)N[C@H]2[C@H]1O. The van der Waals surface area contributed by atoms with Gasteiger partial charge < -0.3 is 35.8 Å². The third-order valence-electron chi connectivity index (χ3n) is 6.21. The molecule has 0 aliphatic carbocycles. The van der Waals surface area contributed by atoms with E-state index in [0.717, 1.165) is 6.34 Å². The molecule has 5 aliphatic rings. The molecule has 11 atom stereocenters. The maximum Gasteiger partial charge on any atom is 0.613 e. The van der Waals surface area contributed by atoms with Gasteiger partial charge in [-0.1, -0.05) is 5.09 Å². The van der Waals surface area contributed by atoms with Gasteiger partial charge in [-0.2, -0.15) is 0 Å². The van der Waals surface area contributed by atoms with Crippen LogP contribution in [0.25, 0.3) is 0 Å². The number of nitrogens with two attached hydrogens (primary N) is 2. The van der Waals surface area contributed by atoms with Gasteiger partial charge in [-0.3, -0.25) is 9.52 Å². The molecule has 0 radical (unpaired) electrons. The van der Waals surface area contributed by atoms with Crippen LogP contribution in [0.2, 0.25) is 0 Å². The predicted octanol–water partition coefficient (Wildman–Crippen LogP) is -2.67. The van der Waals surface area contributed by atoms with Gasteiger partial charge in [0.15, 0.2) is 12.4 Å². The standard InChI is InChI=1S/C16H25N9O8P2/c17-4-19-16-13(26)11-9(33-16)3-31-35(28,29)24-7-1-10(32-8(7)2-30-34(27)23-11)25-6-22-12-14(18)20-5-21-15(12)25/h4-13,15-16,26H,1-3H2,(H6-,17,18,19,20,21,23,24,27,28,29)/p+1/t7-,8+,9+,10+,11+,12?,13+,15?,16+/m0/s1. The van der Waals surface area contributed by atoms with Crippen LogP contribution in [0, 0.1) is 0 Å². The van der Waals surface area contributed by atoms with E-state index in [1.807, 2.05) is 0 Å². The first-order chi connectivity index (χ1) is 16.8. The molecule has 4 unspecified atom stereocenters. The minimum atomic E-state index is -4.36. The van der Waals surface area contributed by atoms with Crippen molar-refractivity contribution < 1.29 is 37.7 Å². The monoisotopic (exact) mass is 534 g/mol. The van der Waals surface area contributed by atoms with Gasteiger partial charge in [0, 0.05) is 6.42 Å². The highest BCUT2D eigenvalue weighted by atomic mass is 31.2. The highest BCUT2D eigenvalue weighted by molar-refractivity contribution is 7.50. The largest absolute Gasteiger partial charge is 0.613 e. The molecule has 0 aromatic heterocycles. The predicted molar refractivity (Wildman–Crippen MR) is 122 cm³/mol. The Balaban J connectivity index is 1.31. The van der Waals surface area contributed by atoms with Crippen molar-refractivity contribution in [3.63, 3.8) is 0 Å². The number of hydrogen-bond acceptors (Lipinski definition) is 13. The Morgan fingerprint density at radius 2 is 2.14 bits per heavy atom. The molecule has 5 aliphatic heterocycles. The van der Waals surface area contributed by atoms with Gasteiger partial charge in [0.2, 0.25) is 0 Å². The summed E-state index contributed by atoms with van der Waals surface area (Å²) in [6.07, 6.45) is -1.02. The van der Waals surface area contributed by atoms with Gasteiger partial charge in [0.25, 0.3) is 0 Å². The smallest absolute Gasteiger partial charge is 0.390 e. The molecule has 3 saturated heterocycles. The highest BCUT2D eigenvalue weighted by Crippen LogP contribution is 2.43. The van der Waals surface area contributed by atoms with Crippen molar-refractivity contribution in [2.75, 3.05) is 13.2 Å². The lowest BCUT2D eigenvalue weighted by Crippen LogP contribution is -2.47. The van der Waals surface area contributed by atoms with Gasteiger partial charge in [0.1, 0.15) is 55.4 Å². The fourth-order valence-corrected chi connectivity index (χ4v) is 6.55. The van der Waals surface area contributed by atoms with Crippen LogP contribution in [-0.2, 0) is 27.7 Å². The number of aliphatic imine (C=N–C) groups is 4. The Morgan fingerprint density at radius 3 is 2.94 bits per heavy atom. The van der Waals surface area contributed by atoms with E-state index in [1.165, 1.54) is 6.34 Å². The average Bonchev–Trinajstić information content (AvgIpc) is 3.48. The average molecular weight is 534 g/mol. The quantitative estimate of drug-likeness (QED) is 0.120. The summed E-state index contributed by atoms with van der Waals surface area (Å²) in [6, 6.07) is -2.12. The topological polar surface area (TPSA) is 240 Å². The molecule has 192 valence electrons. The van der Waals surface area contributed by atoms with Crippen LogP contribution >= 0.6 is 15.9 Å². The normalized spacial score (nSPS) is 47.1. The van der Waals surface area contributed by atoms with Crippen LogP contribution in [0.15, 0.2) is 20.0 Å². The number of nitrogens with one attached hydrogen (secondary N) is 2. The van der Waals surface area contributed by atoms with E-state index >= 15 is 0 Å². The Hall–Kier alpha value is -1.91. The molecule has 0 aromatic rings. The first-order valence-corrected chi connectivity index (χ1v) is 13.5. The molecule has 5 rings (SSSR count). The Bertz CT molecular complexity index is 1010. The first kappa shape index (κ1) is 24.8. The fourth-order valence-electron chi connectivity index (χ4n) is 4.51. The summed E-state index contributed by atoms with van der Waals surface area (Å²) in [6.45, 7) is -0.603. The van der Waals surface area contributed by atoms with Crippen molar-refractivity contribution in [2.24, 2.45) is 31.4 Å². The van der Waals surface area contributed by atoms with Crippen LogP contribution < -0.4 is 21.6 Å². The van der Waals surface area contributed by atoms with E-state index in [-0.39, 0.29) is 13.0 Å². The molecule has 8 N–H and O–H groups in total. The molecular formula is C16H26N9O8P2+. The van der Waals surface area contributed by atoms with E-state index in [2.05, 4.69) is 30.1 Å². The number of fused-ring (bicyclic) bond motifs is 3. The fraction of sp³-hybridized carbons (Fsp3) is 0.750. The van der Waals surface area contributed by atoms with Crippen LogP contribution in [0.4, 0.5) is 0 Å². The summed E-state index contributed by atoms with van der Waals surface area (Å²) < 4.78 is 47.8. The van der Waals surface area contributed by atoms with E-state index in [0.29, 0.717) is 5.84 Å². The van der Waals surface area contributed by atoms with Crippen LogP contribution in [0.5, 0.6) is 0 Å². The lowest BCUT2D eigenvalue weighted by molar-refractivity contribution is -0.0472. The van der Waals surface area contributed by atoms with Gasteiger partial charge in [-0.05, 0) is 4.57 Å². The number of hydrogen-bond donors (Lipinski definition) is 6. The highest BCUT2D eigenvalue weighted by Gasteiger charge is 2.51. The number of rotatable bonds is 2. The molecule has 35 heavy (non-hydrogen) atoms. The summed E-state index contributed by atoms with van der Waals surface area (Å²) >= 11 is 0. The zero-order chi connectivity index (χ0) is 24.7. The summed E-state index contributed by atoms with van der Waals surface area (Å²) in [5, 5.41) is 15.7. The third-order valence-corrected chi connectivity index (χ3v) is 8.26. The lowest BCUT2D eigenvalue weighted by atomic mass is 10.1. The van der Waals surface area contributed by atoms with Gasteiger partial charge in [-0.25, -0.2) is 24.6 Å². The molecule has 19 heteroatoms. The second-order valence-corrected chi connectivity index (χ2v) is 11.0. The van der Waals surface area contributed by atoms with E-state index < -0.39 is 77.6 Å². The summed E-state index contributed by atoms with van der Waals surface area (Å²) in [5.74, 6) is 0.320. The second kappa shape index (κ2) is 9.86. The Kier molecular flexibility index (Phi) is 6.98.